The van der Waals surface area contributed by atoms with Gasteiger partial charge >= 0.3 is 0 Å². The SMILES string of the molecule is Cn1nnc(-c2nc3ccccc3nc2OC(C)(C)C)c1-c1ccccc1. The largest absolute Gasteiger partial charge is 0.470 e. The van der Waals surface area contributed by atoms with Crippen molar-refractivity contribution >= 4 is 11.0 Å². The summed E-state index contributed by atoms with van der Waals surface area (Å²) < 4.78 is 7.90. The van der Waals surface area contributed by atoms with Crippen molar-refractivity contribution in [3.63, 3.8) is 0 Å². The van der Waals surface area contributed by atoms with E-state index in [0.717, 1.165) is 22.3 Å². The molecule has 6 heteroatoms. The fraction of sp³-hybridized carbons (Fsp3) is 0.238. The van der Waals surface area contributed by atoms with E-state index in [2.05, 4.69) is 10.3 Å². The summed E-state index contributed by atoms with van der Waals surface area (Å²) in [5.74, 6) is 0.457. The van der Waals surface area contributed by atoms with Crippen LogP contribution in [0.15, 0.2) is 54.6 Å². The quantitative estimate of drug-likeness (QED) is 0.546. The van der Waals surface area contributed by atoms with Gasteiger partial charge in [-0.15, -0.1) is 5.10 Å². The molecule has 4 rings (SSSR count). The van der Waals surface area contributed by atoms with Gasteiger partial charge in [0.2, 0.25) is 5.88 Å². The Morgan fingerprint density at radius 2 is 1.44 bits per heavy atom. The Morgan fingerprint density at radius 1 is 0.815 bits per heavy atom. The molecule has 2 aromatic heterocycles. The molecule has 0 atom stereocenters. The van der Waals surface area contributed by atoms with Gasteiger partial charge in [-0.25, -0.2) is 14.6 Å². The molecule has 0 aliphatic rings. The third-order valence-electron chi connectivity index (χ3n) is 4.04. The van der Waals surface area contributed by atoms with Crippen molar-refractivity contribution in [3.05, 3.63) is 54.6 Å². The Balaban J connectivity index is 1.98. The normalized spacial score (nSPS) is 11.7. The highest BCUT2D eigenvalue weighted by Crippen LogP contribution is 2.35. The number of rotatable bonds is 3. The van der Waals surface area contributed by atoms with Gasteiger partial charge in [0, 0.05) is 12.6 Å². The highest BCUT2D eigenvalue weighted by Gasteiger charge is 2.24. The topological polar surface area (TPSA) is 65.7 Å². The second-order valence-electron chi connectivity index (χ2n) is 7.36. The predicted molar refractivity (Wildman–Crippen MR) is 105 cm³/mol. The summed E-state index contributed by atoms with van der Waals surface area (Å²) in [5, 5.41) is 8.62. The molecule has 0 bridgehead atoms. The van der Waals surface area contributed by atoms with Gasteiger partial charge in [-0.1, -0.05) is 47.7 Å². The van der Waals surface area contributed by atoms with Crippen LogP contribution < -0.4 is 4.74 Å². The zero-order valence-electron chi connectivity index (χ0n) is 15.8. The third kappa shape index (κ3) is 3.38. The molecule has 2 aromatic carbocycles. The van der Waals surface area contributed by atoms with Crippen LogP contribution in [0.4, 0.5) is 0 Å². The highest BCUT2D eigenvalue weighted by atomic mass is 16.5. The minimum Gasteiger partial charge on any atom is -0.470 e. The van der Waals surface area contributed by atoms with Crippen LogP contribution in [-0.2, 0) is 7.05 Å². The molecule has 27 heavy (non-hydrogen) atoms. The van der Waals surface area contributed by atoms with Crippen LogP contribution in [0.3, 0.4) is 0 Å². The van der Waals surface area contributed by atoms with Crippen LogP contribution in [0.1, 0.15) is 20.8 Å². The fourth-order valence-electron chi connectivity index (χ4n) is 2.94. The van der Waals surface area contributed by atoms with Crippen molar-refractivity contribution < 1.29 is 4.74 Å². The first-order chi connectivity index (χ1) is 12.9. The molecule has 4 aromatic rings. The zero-order valence-corrected chi connectivity index (χ0v) is 15.8. The van der Waals surface area contributed by atoms with E-state index >= 15 is 0 Å². The molecule has 0 radical (unpaired) electrons. The van der Waals surface area contributed by atoms with E-state index in [1.54, 1.807) is 4.68 Å². The first-order valence-electron chi connectivity index (χ1n) is 8.84. The van der Waals surface area contributed by atoms with Gasteiger partial charge in [-0.3, -0.25) is 0 Å². The smallest absolute Gasteiger partial charge is 0.243 e. The maximum absolute atomic E-state index is 6.14. The number of hydrogen-bond donors (Lipinski definition) is 0. The number of ether oxygens (including phenoxy) is 1. The van der Waals surface area contributed by atoms with Gasteiger partial charge in [-0.05, 0) is 32.9 Å². The standard InChI is InChI=1S/C21H21N5O/c1-21(2,3)27-20-18(22-15-12-8-9-13-16(15)23-20)17-19(26(4)25-24-17)14-10-6-5-7-11-14/h5-13H,1-4H3. The van der Waals surface area contributed by atoms with Crippen LogP contribution in [0.25, 0.3) is 33.7 Å². The first-order valence-corrected chi connectivity index (χ1v) is 8.84. The third-order valence-corrected chi connectivity index (χ3v) is 4.04. The Kier molecular flexibility index (Phi) is 4.11. The van der Waals surface area contributed by atoms with Gasteiger partial charge < -0.3 is 4.74 Å². The number of aromatic nitrogens is 5. The Bertz CT molecular complexity index is 1100. The van der Waals surface area contributed by atoms with Crippen molar-refractivity contribution in [2.45, 2.75) is 26.4 Å². The molecule has 0 aliphatic heterocycles. The van der Waals surface area contributed by atoms with Gasteiger partial charge in [0.05, 0.1) is 16.7 Å². The maximum atomic E-state index is 6.14. The van der Waals surface area contributed by atoms with Crippen LogP contribution in [0.5, 0.6) is 5.88 Å². The maximum Gasteiger partial charge on any atom is 0.243 e. The lowest BCUT2D eigenvalue weighted by Gasteiger charge is -2.22. The van der Waals surface area contributed by atoms with Crippen molar-refractivity contribution in [1.82, 2.24) is 25.0 Å². The molecule has 0 aliphatic carbocycles. The van der Waals surface area contributed by atoms with E-state index in [9.17, 15) is 0 Å². The Morgan fingerprint density at radius 3 is 2.11 bits per heavy atom. The Hall–Kier alpha value is -3.28. The van der Waals surface area contributed by atoms with Gasteiger partial charge in [0.25, 0.3) is 0 Å². The van der Waals surface area contributed by atoms with Crippen molar-refractivity contribution in [1.29, 1.82) is 0 Å². The molecule has 0 saturated carbocycles. The van der Waals surface area contributed by atoms with Crippen molar-refractivity contribution in [2.24, 2.45) is 7.05 Å². The summed E-state index contributed by atoms with van der Waals surface area (Å²) >= 11 is 0. The second kappa shape index (κ2) is 6.46. The number of para-hydroxylation sites is 2. The van der Waals surface area contributed by atoms with Gasteiger partial charge in [0.15, 0.2) is 5.69 Å². The van der Waals surface area contributed by atoms with E-state index in [4.69, 9.17) is 14.7 Å². The Labute approximate surface area is 157 Å². The van der Waals surface area contributed by atoms with Gasteiger partial charge in [0.1, 0.15) is 11.3 Å². The molecule has 0 fully saturated rings. The van der Waals surface area contributed by atoms with E-state index < -0.39 is 5.60 Å². The average Bonchev–Trinajstić information content (AvgIpc) is 3.02. The lowest BCUT2D eigenvalue weighted by molar-refractivity contribution is 0.125. The van der Waals surface area contributed by atoms with Crippen LogP contribution >= 0.6 is 0 Å². The predicted octanol–water partition coefficient (Wildman–Crippen LogP) is 4.27. The molecular formula is C21H21N5O. The summed E-state index contributed by atoms with van der Waals surface area (Å²) in [5.41, 5.74) is 4.29. The highest BCUT2D eigenvalue weighted by molar-refractivity contribution is 5.83. The average molecular weight is 359 g/mol. The molecule has 0 unspecified atom stereocenters. The van der Waals surface area contributed by atoms with Crippen LogP contribution in [0, 0.1) is 0 Å². The van der Waals surface area contributed by atoms with Crippen LogP contribution in [-0.4, -0.2) is 30.6 Å². The molecule has 6 nitrogen and oxygen atoms in total. The van der Waals surface area contributed by atoms with Crippen molar-refractivity contribution in [3.8, 4) is 28.5 Å². The lowest BCUT2D eigenvalue weighted by Crippen LogP contribution is -2.24. The molecule has 0 amide bonds. The summed E-state index contributed by atoms with van der Waals surface area (Å²) in [6.07, 6.45) is 0. The molecular weight excluding hydrogens is 338 g/mol. The molecule has 0 spiro atoms. The molecule has 0 N–H and O–H groups in total. The van der Waals surface area contributed by atoms with E-state index in [0.29, 0.717) is 17.3 Å². The number of benzene rings is 2. The number of hydrogen-bond acceptors (Lipinski definition) is 5. The summed E-state index contributed by atoms with van der Waals surface area (Å²) in [7, 11) is 1.87. The number of nitrogens with zero attached hydrogens (tertiary/aromatic N) is 5. The van der Waals surface area contributed by atoms with Crippen LogP contribution in [0.2, 0.25) is 0 Å². The molecule has 2 heterocycles. The fourth-order valence-corrected chi connectivity index (χ4v) is 2.94. The number of aryl methyl sites for hydroxylation is 1. The van der Waals surface area contributed by atoms with Gasteiger partial charge in [-0.2, -0.15) is 0 Å². The minimum absolute atomic E-state index is 0.416. The molecule has 136 valence electrons. The summed E-state index contributed by atoms with van der Waals surface area (Å²) in [4.78, 5) is 9.54. The lowest BCUT2D eigenvalue weighted by atomic mass is 10.1. The molecule has 0 saturated heterocycles. The summed E-state index contributed by atoms with van der Waals surface area (Å²) in [6, 6.07) is 17.8. The zero-order chi connectivity index (χ0) is 19.0. The van der Waals surface area contributed by atoms with E-state index in [-0.39, 0.29) is 0 Å². The minimum atomic E-state index is -0.416. The summed E-state index contributed by atoms with van der Waals surface area (Å²) in [6.45, 7) is 5.97. The van der Waals surface area contributed by atoms with E-state index in [1.807, 2.05) is 82.4 Å². The van der Waals surface area contributed by atoms with Crippen molar-refractivity contribution in [2.75, 3.05) is 0 Å². The second-order valence-corrected chi connectivity index (χ2v) is 7.36. The monoisotopic (exact) mass is 359 g/mol. The first kappa shape index (κ1) is 17.1. The van der Waals surface area contributed by atoms with E-state index in [1.165, 1.54) is 0 Å². The number of fused-ring (bicyclic) bond motifs is 1.